The van der Waals surface area contributed by atoms with Gasteiger partial charge in [-0.25, -0.2) is 15.0 Å². The number of rotatable bonds is 6. The van der Waals surface area contributed by atoms with Gasteiger partial charge in [-0.2, -0.15) is 0 Å². The molecule has 0 amide bonds. The van der Waals surface area contributed by atoms with E-state index in [9.17, 15) is 0 Å². The second-order valence-corrected chi connectivity index (χ2v) is 12.1. The molecule has 0 atom stereocenters. The Hall–Kier alpha value is -6.65. The standard InChI is InChI=1S/C45H30N4/c1-4-12-31(13-5-1)32-24-27-38(28-25-32)49-41-19-11-10-18-39(41)40-29-26-37(30-42(40)49)33-20-22-36(23-21-33)45-47-43(34-14-6-2-7-15-34)46-44(48-45)35-16-8-3-9-17-35/h1-30H. The molecule has 0 radical (unpaired) electrons. The molecule has 0 saturated carbocycles. The summed E-state index contributed by atoms with van der Waals surface area (Å²) in [5, 5.41) is 2.47. The summed E-state index contributed by atoms with van der Waals surface area (Å²) in [5.74, 6) is 1.96. The van der Waals surface area contributed by atoms with E-state index in [1.54, 1.807) is 0 Å². The van der Waals surface area contributed by atoms with E-state index in [1.807, 2.05) is 60.7 Å². The average molecular weight is 627 g/mol. The molecule has 0 aliphatic rings. The highest BCUT2D eigenvalue weighted by molar-refractivity contribution is 6.10. The van der Waals surface area contributed by atoms with Gasteiger partial charge in [0.2, 0.25) is 0 Å². The summed E-state index contributed by atoms with van der Waals surface area (Å²) in [6, 6.07) is 63.5. The first-order valence-corrected chi connectivity index (χ1v) is 16.5. The van der Waals surface area contributed by atoms with Crippen molar-refractivity contribution >= 4 is 21.8 Å². The highest BCUT2D eigenvalue weighted by Crippen LogP contribution is 2.36. The molecule has 7 aromatic carbocycles. The topological polar surface area (TPSA) is 43.6 Å². The fourth-order valence-corrected chi connectivity index (χ4v) is 6.61. The average Bonchev–Trinajstić information content (AvgIpc) is 3.52. The lowest BCUT2D eigenvalue weighted by molar-refractivity contribution is 1.07. The van der Waals surface area contributed by atoms with Gasteiger partial charge in [-0.05, 0) is 46.5 Å². The van der Waals surface area contributed by atoms with Crippen LogP contribution >= 0.6 is 0 Å². The van der Waals surface area contributed by atoms with Crippen LogP contribution in [-0.4, -0.2) is 19.5 Å². The number of nitrogens with zero attached hydrogens (tertiary/aromatic N) is 4. The second-order valence-electron chi connectivity index (χ2n) is 12.1. The van der Waals surface area contributed by atoms with Gasteiger partial charge in [0.05, 0.1) is 11.0 Å². The molecule has 230 valence electrons. The summed E-state index contributed by atoms with van der Waals surface area (Å²) in [6.07, 6.45) is 0. The maximum absolute atomic E-state index is 4.91. The second kappa shape index (κ2) is 12.2. The summed E-state index contributed by atoms with van der Waals surface area (Å²) in [7, 11) is 0. The lowest BCUT2D eigenvalue weighted by Crippen LogP contribution is -2.00. The Morgan fingerprint density at radius 2 is 0.673 bits per heavy atom. The van der Waals surface area contributed by atoms with Gasteiger partial charge in [-0.1, -0.05) is 158 Å². The number of hydrogen-bond acceptors (Lipinski definition) is 3. The fourth-order valence-electron chi connectivity index (χ4n) is 6.61. The molecule has 0 spiro atoms. The van der Waals surface area contributed by atoms with Gasteiger partial charge in [0.25, 0.3) is 0 Å². The van der Waals surface area contributed by atoms with E-state index in [4.69, 9.17) is 15.0 Å². The zero-order valence-corrected chi connectivity index (χ0v) is 26.6. The zero-order valence-electron chi connectivity index (χ0n) is 26.6. The fraction of sp³-hybridized carbons (Fsp3) is 0. The van der Waals surface area contributed by atoms with E-state index in [-0.39, 0.29) is 0 Å². The van der Waals surface area contributed by atoms with Crippen LogP contribution in [0.15, 0.2) is 182 Å². The van der Waals surface area contributed by atoms with Crippen LogP contribution in [0.5, 0.6) is 0 Å². The quantitative estimate of drug-likeness (QED) is 0.184. The Labute approximate surface area is 284 Å². The molecular formula is C45H30N4. The third-order valence-corrected chi connectivity index (χ3v) is 9.08. The molecule has 2 aromatic heterocycles. The minimum atomic E-state index is 0.647. The van der Waals surface area contributed by atoms with Gasteiger partial charge in [0, 0.05) is 33.2 Å². The Balaban J connectivity index is 1.11. The first kappa shape index (κ1) is 28.6. The van der Waals surface area contributed by atoms with Crippen LogP contribution in [0.4, 0.5) is 0 Å². The number of benzene rings is 7. The Morgan fingerprint density at radius 1 is 0.286 bits per heavy atom. The Kier molecular flexibility index (Phi) is 7.10. The third kappa shape index (κ3) is 5.35. The monoisotopic (exact) mass is 626 g/mol. The molecule has 0 fully saturated rings. The largest absolute Gasteiger partial charge is 0.309 e. The van der Waals surface area contributed by atoms with Crippen molar-refractivity contribution in [2.45, 2.75) is 0 Å². The van der Waals surface area contributed by atoms with Crippen LogP contribution in [0.1, 0.15) is 0 Å². The lowest BCUT2D eigenvalue weighted by Gasteiger charge is -2.11. The van der Waals surface area contributed by atoms with Crippen LogP contribution < -0.4 is 0 Å². The van der Waals surface area contributed by atoms with E-state index < -0.39 is 0 Å². The first-order chi connectivity index (χ1) is 24.3. The highest BCUT2D eigenvalue weighted by atomic mass is 15.0. The molecule has 0 aliphatic carbocycles. The Bertz CT molecular complexity index is 2500. The zero-order chi connectivity index (χ0) is 32.6. The van der Waals surface area contributed by atoms with Gasteiger partial charge < -0.3 is 4.57 Å². The molecule has 49 heavy (non-hydrogen) atoms. The van der Waals surface area contributed by atoms with Crippen molar-refractivity contribution in [2.75, 3.05) is 0 Å². The minimum absolute atomic E-state index is 0.647. The minimum Gasteiger partial charge on any atom is -0.309 e. The molecule has 9 aromatic rings. The van der Waals surface area contributed by atoms with Crippen LogP contribution in [-0.2, 0) is 0 Å². The van der Waals surface area contributed by atoms with Gasteiger partial charge >= 0.3 is 0 Å². The SMILES string of the molecule is c1ccc(-c2ccc(-n3c4ccccc4c4ccc(-c5ccc(-c6nc(-c7ccccc7)nc(-c7ccccc7)n6)cc5)cc43)cc2)cc1. The van der Waals surface area contributed by atoms with Crippen molar-refractivity contribution < 1.29 is 0 Å². The predicted octanol–water partition coefficient (Wildman–Crippen LogP) is 11.3. The number of aromatic nitrogens is 4. The van der Waals surface area contributed by atoms with E-state index in [1.165, 1.54) is 32.9 Å². The van der Waals surface area contributed by atoms with Crippen molar-refractivity contribution in [3.63, 3.8) is 0 Å². The molecular weight excluding hydrogens is 597 g/mol. The summed E-state index contributed by atoms with van der Waals surface area (Å²) in [4.78, 5) is 14.7. The summed E-state index contributed by atoms with van der Waals surface area (Å²) >= 11 is 0. The molecule has 4 nitrogen and oxygen atoms in total. The van der Waals surface area contributed by atoms with E-state index in [2.05, 4.69) is 126 Å². The van der Waals surface area contributed by atoms with Crippen molar-refractivity contribution in [1.29, 1.82) is 0 Å². The van der Waals surface area contributed by atoms with Gasteiger partial charge in [0.1, 0.15) is 0 Å². The lowest BCUT2D eigenvalue weighted by atomic mass is 10.0. The Morgan fingerprint density at radius 3 is 1.27 bits per heavy atom. The van der Waals surface area contributed by atoms with Gasteiger partial charge in [0.15, 0.2) is 17.5 Å². The van der Waals surface area contributed by atoms with Gasteiger partial charge in [-0.15, -0.1) is 0 Å². The van der Waals surface area contributed by atoms with Crippen molar-refractivity contribution in [1.82, 2.24) is 19.5 Å². The maximum atomic E-state index is 4.91. The van der Waals surface area contributed by atoms with Crippen LogP contribution in [0.25, 0.3) is 83.9 Å². The van der Waals surface area contributed by atoms with Crippen molar-refractivity contribution in [3.8, 4) is 62.1 Å². The van der Waals surface area contributed by atoms with Crippen LogP contribution in [0.2, 0.25) is 0 Å². The molecule has 0 unspecified atom stereocenters. The molecule has 4 heteroatoms. The normalized spacial score (nSPS) is 11.3. The highest BCUT2D eigenvalue weighted by Gasteiger charge is 2.15. The number of fused-ring (bicyclic) bond motifs is 3. The third-order valence-electron chi connectivity index (χ3n) is 9.08. The molecule has 2 heterocycles. The number of hydrogen-bond donors (Lipinski definition) is 0. The summed E-state index contributed by atoms with van der Waals surface area (Å²) in [5.41, 5.74) is 11.0. The molecule has 9 rings (SSSR count). The molecule has 0 N–H and O–H groups in total. The maximum Gasteiger partial charge on any atom is 0.164 e. The van der Waals surface area contributed by atoms with Crippen LogP contribution in [0, 0.1) is 0 Å². The van der Waals surface area contributed by atoms with Gasteiger partial charge in [-0.3, -0.25) is 0 Å². The molecule has 0 aliphatic heterocycles. The van der Waals surface area contributed by atoms with E-state index in [0.29, 0.717) is 17.5 Å². The first-order valence-electron chi connectivity index (χ1n) is 16.5. The van der Waals surface area contributed by atoms with Crippen molar-refractivity contribution in [2.24, 2.45) is 0 Å². The van der Waals surface area contributed by atoms with Crippen molar-refractivity contribution in [3.05, 3.63) is 182 Å². The molecule has 0 bridgehead atoms. The predicted molar refractivity (Wildman–Crippen MR) is 201 cm³/mol. The van der Waals surface area contributed by atoms with E-state index >= 15 is 0 Å². The summed E-state index contributed by atoms with van der Waals surface area (Å²) in [6.45, 7) is 0. The summed E-state index contributed by atoms with van der Waals surface area (Å²) < 4.78 is 2.37. The van der Waals surface area contributed by atoms with Crippen LogP contribution in [0.3, 0.4) is 0 Å². The smallest absolute Gasteiger partial charge is 0.164 e. The number of para-hydroxylation sites is 1. The van der Waals surface area contributed by atoms with E-state index in [0.717, 1.165) is 33.5 Å². The molecule has 0 saturated heterocycles.